The van der Waals surface area contributed by atoms with Crippen LogP contribution in [0.25, 0.3) is 0 Å². The number of rotatable bonds is 3. The second-order valence-corrected chi connectivity index (χ2v) is 6.54. The van der Waals surface area contributed by atoms with Crippen molar-refractivity contribution in [2.45, 2.75) is 51.8 Å². The van der Waals surface area contributed by atoms with Gasteiger partial charge in [-0.2, -0.15) is 0 Å². The second kappa shape index (κ2) is 6.81. The summed E-state index contributed by atoms with van der Waals surface area (Å²) >= 11 is 0. The van der Waals surface area contributed by atoms with Crippen molar-refractivity contribution in [1.29, 1.82) is 0 Å². The number of amides is 2. The maximum absolute atomic E-state index is 12.3. The van der Waals surface area contributed by atoms with Crippen molar-refractivity contribution in [3.05, 3.63) is 35.9 Å². The van der Waals surface area contributed by atoms with Gasteiger partial charge >= 0.3 is 6.09 Å². The van der Waals surface area contributed by atoms with Gasteiger partial charge in [0.05, 0.1) is 0 Å². The van der Waals surface area contributed by atoms with Crippen molar-refractivity contribution >= 4 is 12.0 Å². The first kappa shape index (κ1) is 16.3. The molecule has 1 N–H and O–H groups in total. The van der Waals surface area contributed by atoms with Gasteiger partial charge in [-0.05, 0) is 39.2 Å². The zero-order chi connectivity index (χ0) is 16.2. The third kappa shape index (κ3) is 4.48. The summed E-state index contributed by atoms with van der Waals surface area (Å²) in [5, 5.41) is 2.90. The summed E-state index contributed by atoms with van der Waals surface area (Å²) in [5.41, 5.74) is 0.489. The fourth-order valence-electron chi connectivity index (χ4n) is 2.48. The van der Waals surface area contributed by atoms with E-state index >= 15 is 0 Å². The number of carbonyl (C=O) groups is 2. The van der Waals surface area contributed by atoms with E-state index in [2.05, 4.69) is 5.32 Å². The molecule has 0 bridgehead atoms. The molecule has 5 heteroatoms. The summed E-state index contributed by atoms with van der Waals surface area (Å²) in [4.78, 5) is 26.0. The molecular formula is C17H24N2O3. The van der Waals surface area contributed by atoms with E-state index in [1.165, 1.54) is 4.90 Å². The molecule has 5 nitrogen and oxygen atoms in total. The van der Waals surface area contributed by atoms with Crippen molar-refractivity contribution in [3.8, 4) is 0 Å². The van der Waals surface area contributed by atoms with E-state index in [0.717, 1.165) is 12.0 Å². The minimum absolute atomic E-state index is 0.118. The lowest BCUT2D eigenvalue weighted by Crippen LogP contribution is -2.47. The van der Waals surface area contributed by atoms with Crippen molar-refractivity contribution in [2.75, 3.05) is 6.54 Å². The third-order valence-electron chi connectivity index (χ3n) is 3.49. The normalized spacial score (nSPS) is 18.1. The summed E-state index contributed by atoms with van der Waals surface area (Å²) < 4.78 is 5.37. The molecule has 22 heavy (non-hydrogen) atoms. The lowest BCUT2D eigenvalue weighted by atomic mass is 10.2. The van der Waals surface area contributed by atoms with E-state index in [-0.39, 0.29) is 5.91 Å². The molecule has 1 aromatic rings. The highest BCUT2D eigenvalue weighted by Gasteiger charge is 2.36. The number of benzene rings is 1. The van der Waals surface area contributed by atoms with Crippen molar-refractivity contribution in [1.82, 2.24) is 10.2 Å². The summed E-state index contributed by atoms with van der Waals surface area (Å²) in [6.45, 7) is 6.51. The zero-order valence-electron chi connectivity index (χ0n) is 13.5. The Balaban J connectivity index is 1.92. The maximum Gasteiger partial charge on any atom is 0.410 e. The number of hydrogen-bond acceptors (Lipinski definition) is 3. The van der Waals surface area contributed by atoms with Gasteiger partial charge in [-0.3, -0.25) is 9.69 Å². The highest BCUT2D eigenvalue weighted by atomic mass is 16.6. The second-order valence-electron chi connectivity index (χ2n) is 6.54. The van der Waals surface area contributed by atoms with Crippen LogP contribution in [0.5, 0.6) is 0 Å². The summed E-state index contributed by atoms with van der Waals surface area (Å²) in [5.74, 6) is -0.118. The van der Waals surface area contributed by atoms with Crippen LogP contribution in [-0.4, -0.2) is 35.1 Å². The van der Waals surface area contributed by atoms with Crippen molar-refractivity contribution in [3.63, 3.8) is 0 Å². The molecule has 0 aromatic heterocycles. The predicted octanol–water partition coefficient (Wildman–Crippen LogP) is 2.70. The van der Waals surface area contributed by atoms with Crippen molar-refractivity contribution < 1.29 is 14.3 Å². The Labute approximate surface area is 131 Å². The molecule has 0 spiro atoms. The van der Waals surface area contributed by atoms with Crippen LogP contribution in [0.1, 0.15) is 39.2 Å². The molecule has 0 aliphatic carbocycles. The van der Waals surface area contributed by atoms with Crippen LogP contribution in [0.2, 0.25) is 0 Å². The lowest BCUT2D eigenvalue weighted by Gasteiger charge is -2.28. The SMILES string of the molecule is CC(C)(C)OC(=O)N1CCC[C@H]1C(=O)NCc1ccccc1. The topological polar surface area (TPSA) is 58.6 Å². The van der Waals surface area contributed by atoms with E-state index in [4.69, 9.17) is 4.74 Å². The molecule has 2 rings (SSSR count). The maximum atomic E-state index is 12.3. The third-order valence-corrected chi connectivity index (χ3v) is 3.49. The van der Waals surface area contributed by atoms with Gasteiger partial charge in [-0.15, -0.1) is 0 Å². The zero-order valence-corrected chi connectivity index (χ0v) is 13.5. The minimum Gasteiger partial charge on any atom is -0.444 e. The molecule has 0 saturated carbocycles. The van der Waals surface area contributed by atoms with E-state index in [1.807, 2.05) is 51.1 Å². The largest absolute Gasteiger partial charge is 0.444 e. The first-order chi connectivity index (χ1) is 10.4. The van der Waals surface area contributed by atoms with E-state index in [1.54, 1.807) is 0 Å². The van der Waals surface area contributed by atoms with Gasteiger partial charge in [0.25, 0.3) is 0 Å². The monoisotopic (exact) mass is 304 g/mol. The van der Waals surface area contributed by atoms with Gasteiger partial charge in [0, 0.05) is 13.1 Å². The molecule has 0 unspecified atom stereocenters. The van der Waals surface area contributed by atoms with E-state index < -0.39 is 17.7 Å². The fourth-order valence-corrected chi connectivity index (χ4v) is 2.48. The van der Waals surface area contributed by atoms with Crippen molar-refractivity contribution in [2.24, 2.45) is 0 Å². The quantitative estimate of drug-likeness (QED) is 0.934. The van der Waals surface area contributed by atoms with Gasteiger partial charge in [0.1, 0.15) is 11.6 Å². The number of nitrogens with one attached hydrogen (secondary N) is 1. The van der Waals surface area contributed by atoms with E-state index in [0.29, 0.717) is 19.5 Å². The molecule has 1 atom stereocenters. The minimum atomic E-state index is -0.551. The van der Waals surface area contributed by atoms with Crippen LogP contribution in [0.15, 0.2) is 30.3 Å². The number of hydrogen-bond donors (Lipinski definition) is 1. The smallest absolute Gasteiger partial charge is 0.410 e. The Bertz CT molecular complexity index is 522. The molecule has 2 amide bonds. The number of nitrogens with zero attached hydrogens (tertiary/aromatic N) is 1. The Morgan fingerprint density at radius 3 is 2.59 bits per heavy atom. The highest BCUT2D eigenvalue weighted by Crippen LogP contribution is 2.21. The molecule has 0 radical (unpaired) electrons. The van der Waals surface area contributed by atoms with Gasteiger partial charge in [-0.25, -0.2) is 4.79 Å². The summed E-state index contributed by atoms with van der Waals surface area (Å²) in [6, 6.07) is 9.29. The first-order valence-electron chi connectivity index (χ1n) is 7.68. The van der Waals surface area contributed by atoms with Gasteiger partial charge < -0.3 is 10.1 Å². The lowest BCUT2D eigenvalue weighted by molar-refractivity contribution is -0.125. The average Bonchev–Trinajstić information content (AvgIpc) is 2.93. The highest BCUT2D eigenvalue weighted by molar-refractivity contribution is 5.86. The Morgan fingerprint density at radius 1 is 1.27 bits per heavy atom. The molecule has 1 heterocycles. The Kier molecular flexibility index (Phi) is 5.06. The Hall–Kier alpha value is -2.04. The molecular weight excluding hydrogens is 280 g/mol. The number of ether oxygens (including phenoxy) is 1. The van der Waals surface area contributed by atoms with Crippen LogP contribution in [0.4, 0.5) is 4.79 Å². The standard InChI is InChI=1S/C17H24N2O3/c1-17(2,3)22-16(21)19-11-7-10-14(19)15(20)18-12-13-8-5-4-6-9-13/h4-6,8-9,14H,7,10-12H2,1-3H3,(H,18,20)/t14-/m0/s1. The summed E-state index contributed by atoms with van der Waals surface area (Å²) in [6.07, 6.45) is 1.09. The first-order valence-corrected chi connectivity index (χ1v) is 7.68. The van der Waals surface area contributed by atoms with Gasteiger partial charge in [0.15, 0.2) is 0 Å². The molecule has 1 aliphatic heterocycles. The molecule has 1 saturated heterocycles. The molecule has 120 valence electrons. The average molecular weight is 304 g/mol. The van der Waals surface area contributed by atoms with Crippen LogP contribution in [-0.2, 0) is 16.1 Å². The molecule has 1 aromatic carbocycles. The van der Waals surface area contributed by atoms with Crippen LogP contribution >= 0.6 is 0 Å². The van der Waals surface area contributed by atoms with Gasteiger partial charge in [-0.1, -0.05) is 30.3 Å². The Morgan fingerprint density at radius 2 is 1.95 bits per heavy atom. The van der Waals surface area contributed by atoms with Crippen LogP contribution in [0, 0.1) is 0 Å². The number of carbonyl (C=O) groups excluding carboxylic acids is 2. The number of likely N-dealkylation sites (tertiary alicyclic amines) is 1. The van der Waals surface area contributed by atoms with Gasteiger partial charge in [0.2, 0.25) is 5.91 Å². The van der Waals surface area contributed by atoms with Crippen LogP contribution < -0.4 is 5.32 Å². The van der Waals surface area contributed by atoms with E-state index in [9.17, 15) is 9.59 Å². The fraction of sp³-hybridized carbons (Fsp3) is 0.529. The molecule has 1 aliphatic rings. The predicted molar refractivity (Wildman–Crippen MR) is 84.3 cm³/mol. The molecule has 1 fully saturated rings. The van der Waals surface area contributed by atoms with Crippen LogP contribution in [0.3, 0.4) is 0 Å². The summed E-state index contributed by atoms with van der Waals surface area (Å²) in [7, 11) is 0.